The van der Waals surface area contributed by atoms with Crippen LogP contribution in [0.5, 0.6) is 0 Å². The molecular formula is C14H29N. The van der Waals surface area contributed by atoms with Gasteiger partial charge in [-0.3, -0.25) is 0 Å². The Morgan fingerprint density at radius 1 is 1.20 bits per heavy atom. The Labute approximate surface area is 96.2 Å². The zero-order valence-electron chi connectivity index (χ0n) is 11.3. The number of nitrogens with zero attached hydrogens (tertiary/aromatic N) is 1. The van der Waals surface area contributed by atoms with Gasteiger partial charge in [-0.25, -0.2) is 0 Å². The van der Waals surface area contributed by atoms with Crippen molar-refractivity contribution in [1.82, 2.24) is 4.90 Å². The van der Waals surface area contributed by atoms with Gasteiger partial charge in [-0.2, -0.15) is 0 Å². The quantitative estimate of drug-likeness (QED) is 0.683. The lowest BCUT2D eigenvalue weighted by molar-refractivity contribution is 0.138. The van der Waals surface area contributed by atoms with Crippen molar-refractivity contribution in [2.45, 2.75) is 65.8 Å². The van der Waals surface area contributed by atoms with Crippen molar-refractivity contribution in [3.8, 4) is 0 Å². The molecule has 1 aliphatic rings. The van der Waals surface area contributed by atoms with Crippen LogP contribution in [0.15, 0.2) is 0 Å². The maximum atomic E-state index is 2.54. The lowest BCUT2D eigenvalue weighted by Crippen LogP contribution is -2.36. The summed E-state index contributed by atoms with van der Waals surface area (Å²) in [7, 11) is 2.28. The van der Waals surface area contributed by atoms with Crippen molar-refractivity contribution in [1.29, 1.82) is 0 Å². The normalized spacial score (nSPS) is 28.4. The number of hydrogen-bond donors (Lipinski definition) is 0. The Bertz CT molecular complexity index is 180. The van der Waals surface area contributed by atoms with Crippen LogP contribution in [0.4, 0.5) is 0 Å². The molecule has 0 saturated heterocycles. The lowest BCUT2D eigenvalue weighted by Gasteiger charge is -2.37. The van der Waals surface area contributed by atoms with Gasteiger partial charge in [-0.15, -0.1) is 0 Å². The Morgan fingerprint density at radius 2 is 1.87 bits per heavy atom. The largest absolute Gasteiger partial charge is 0.304 e. The zero-order chi connectivity index (χ0) is 11.5. The summed E-state index contributed by atoms with van der Waals surface area (Å²) in [6, 6.07) is 0.857. The van der Waals surface area contributed by atoms with Crippen LogP contribution in [0.25, 0.3) is 0 Å². The molecule has 0 radical (unpaired) electrons. The molecule has 0 N–H and O–H groups in total. The first-order chi connectivity index (χ1) is 6.92. The van der Waals surface area contributed by atoms with Crippen LogP contribution in [0.1, 0.15) is 59.8 Å². The summed E-state index contributed by atoms with van der Waals surface area (Å²) in [5.41, 5.74) is 0.511. The van der Waals surface area contributed by atoms with E-state index in [-0.39, 0.29) is 0 Å². The van der Waals surface area contributed by atoms with Gasteiger partial charge in [0.05, 0.1) is 0 Å². The monoisotopic (exact) mass is 211 g/mol. The van der Waals surface area contributed by atoms with Crippen molar-refractivity contribution < 1.29 is 0 Å². The van der Waals surface area contributed by atoms with Crippen LogP contribution < -0.4 is 0 Å². The van der Waals surface area contributed by atoms with Crippen LogP contribution in [-0.2, 0) is 0 Å². The van der Waals surface area contributed by atoms with Gasteiger partial charge < -0.3 is 4.90 Å². The van der Waals surface area contributed by atoms with Crippen molar-refractivity contribution in [3.63, 3.8) is 0 Å². The lowest BCUT2D eigenvalue weighted by atomic mass is 9.76. The third-order valence-corrected chi connectivity index (χ3v) is 3.78. The molecule has 1 aliphatic carbocycles. The summed E-state index contributed by atoms with van der Waals surface area (Å²) in [6.45, 7) is 10.6. The van der Waals surface area contributed by atoms with Gasteiger partial charge >= 0.3 is 0 Å². The van der Waals surface area contributed by atoms with Crippen molar-refractivity contribution >= 4 is 0 Å². The molecule has 0 amide bonds. The van der Waals surface area contributed by atoms with E-state index in [1.165, 1.54) is 38.6 Å². The molecule has 0 spiro atoms. The van der Waals surface area contributed by atoms with Crippen molar-refractivity contribution in [2.75, 3.05) is 13.6 Å². The van der Waals surface area contributed by atoms with Gasteiger partial charge in [0.25, 0.3) is 0 Å². The van der Waals surface area contributed by atoms with E-state index < -0.39 is 0 Å². The fourth-order valence-electron chi connectivity index (χ4n) is 2.97. The van der Waals surface area contributed by atoms with E-state index in [0.29, 0.717) is 5.41 Å². The summed E-state index contributed by atoms with van der Waals surface area (Å²) in [5, 5.41) is 0. The molecule has 0 bridgehead atoms. The minimum Gasteiger partial charge on any atom is -0.304 e. The molecule has 1 fully saturated rings. The highest BCUT2D eigenvalue weighted by Crippen LogP contribution is 2.35. The Kier molecular flexibility index (Phi) is 4.64. The number of hydrogen-bond acceptors (Lipinski definition) is 1. The molecule has 0 aliphatic heterocycles. The summed E-state index contributed by atoms with van der Waals surface area (Å²) in [6.07, 6.45) is 7.16. The summed E-state index contributed by atoms with van der Waals surface area (Å²) in [5.74, 6) is 0.970. The van der Waals surface area contributed by atoms with Gasteiger partial charge in [0.15, 0.2) is 0 Å². The number of rotatable bonds is 3. The molecule has 1 rings (SSSR count). The van der Waals surface area contributed by atoms with E-state index in [9.17, 15) is 0 Å². The van der Waals surface area contributed by atoms with Crippen LogP contribution in [0, 0.1) is 11.3 Å². The summed E-state index contributed by atoms with van der Waals surface area (Å²) >= 11 is 0. The SMILES string of the molecule is CCN(C)C1CCCC(CC(C)(C)C)C1. The average molecular weight is 211 g/mol. The molecule has 15 heavy (non-hydrogen) atoms. The van der Waals surface area contributed by atoms with Crippen LogP contribution >= 0.6 is 0 Å². The van der Waals surface area contributed by atoms with E-state index in [0.717, 1.165) is 12.0 Å². The van der Waals surface area contributed by atoms with Crippen LogP contribution in [0.3, 0.4) is 0 Å². The molecule has 2 atom stereocenters. The van der Waals surface area contributed by atoms with Gasteiger partial charge in [0, 0.05) is 6.04 Å². The van der Waals surface area contributed by atoms with E-state index in [2.05, 4.69) is 39.6 Å². The Balaban J connectivity index is 2.42. The smallest absolute Gasteiger partial charge is 0.00947 e. The fourth-order valence-corrected chi connectivity index (χ4v) is 2.97. The topological polar surface area (TPSA) is 3.24 Å². The summed E-state index contributed by atoms with van der Waals surface area (Å²) in [4.78, 5) is 2.54. The molecular weight excluding hydrogens is 182 g/mol. The molecule has 0 heterocycles. The standard InChI is InChI=1S/C14H29N/c1-6-15(5)13-9-7-8-12(10-13)11-14(2,3)4/h12-13H,6-11H2,1-5H3. The molecule has 2 unspecified atom stereocenters. The fraction of sp³-hybridized carbons (Fsp3) is 1.00. The minimum atomic E-state index is 0.511. The minimum absolute atomic E-state index is 0.511. The van der Waals surface area contributed by atoms with Gasteiger partial charge in [-0.05, 0) is 44.2 Å². The molecule has 0 aromatic heterocycles. The first-order valence-electron chi connectivity index (χ1n) is 6.62. The first-order valence-corrected chi connectivity index (χ1v) is 6.62. The zero-order valence-corrected chi connectivity index (χ0v) is 11.3. The van der Waals surface area contributed by atoms with Crippen LogP contribution in [-0.4, -0.2) is 24.5 Å². The van der Waals surface area contributed by atoms with Gasteiger partial charge in [0.1, 0.15) is 0 Å². The highest BCUT2D eigenvalue weighted by atomic mass is 15.1. The maximum Gasteiger partial charge on any atom is 0.00947 e. The van der Waals surface area contributed by atoms with E-state index in [4.69, 9.17) is 0 Å². The Hall–Kier alpha value is -0.0400. The van der Waals surface area contributed by atoms with Crippen LogP contribution in [0.2, 0.25) is 0 Å². The predicted molar refractivity (Wildman–Crippen MR) is 68.1 cm³/mol. The molecule has 0 aromatic rings. The second-order valence-corrected chi connectivity index (χ2v) is 6.52. The molecule has 1 nitrogen and oxygen atoms in total. The molecule has 0 aromatic carbocycles. The van der Waals surface area contributed by atoms with Crippen molar-refractivity contribution in [2.24, 2.45) is 11.3 Å². The van der Waals surface area contributed by atoms with Crippen molar-refractivity contribution in [3.05, 3.63) is 0 Å². The van der Waals surface area contributed by atoms with Gasteiger partial charge in [-0.1, -0.05) is 40.5 Å². The highest BCUT2D eigenvalue weighted by Gasteiger charge is 2.27. The third kappa shape index (κ3) is 4.55. The van der Waals surface area contributed by atoms with Gasteiger partial charge in [0.2, 0.25) is 0 Å². The van der Waals surface area contributed by atoms with E-state index in [1.807, 2.05) is 0 Å². The molecule has 1 heteroatoms. The second-order valence-electron chi connectivity index (χ2n) is 6.52. The third-order valence-electron chi connectivity index (χ3n) is 3.78. The Morgan fingerprint density at radius 3 is 2.40 bits per heavy atom. The second kappa shape index (κ2) is 5.34. The van der Waals surface area contributed by atoms with E-state index >= 15 is 0 Å². The van der Waals surface area contributed by atoms with E-state index in [1.54, 1.807) is 0 Å². The highest BCUT2D eigenvalue weighted by molar-refractivity contribution is 4.81. The predicted octanol–water partition coefficient (Wildman–Crippen LogP) is 3.93. The summed E-state index contributed by atoms with van der Waals surface area (Å²) < 4.78 is 0. The maximum absolute atomic E-state index is 2.54. The molecule has 90 valence electrons. The first kappa shape index (κ1) is 13.0. The molecule has 1 saturated carbocycles. The average Bonchev–Trinajstić information content (AvgIpc) is 2.14.